The molecule has 144 valence electrons. The van der Waals surface area contributed by atoms with Gasteiger partial charge in [0.05, 0.1) is 17.8 Å². The van der Waals surface area contributed by atoms with Crippen molar-refractivity contribution in [1.29, 1.82) is 0 Å². The second-order valence-electron chi connectivity index (χ2n) is 7.22. The van der Waals surface area contributed by atoms with Crippen LogP contribution in [0.15, 0.2) is 11.0 Å². The normalized spacial score (nSPS) is 25.9. The summed E-state index contributed by atoms with van der Waals surface area (Å²) < 4.78 is 6.54. The zero-order valence-electron chi connectivity index (χ0n) is 15.7. The van der Waals surface area contributed by atoms with Crippen LogP contribution >= 0.6 is 0 Å². The van der Waals surface area contributed by atoms with Crippen molar-refractivity contribution in [3.05, 3.63) is 22.2 Å². The molecular weight excluding hydrogens is 338 g/mol. The van der Waals surface area contributed by atoms with Crippen molar-refractivity contribution in [2.24, 2.45) is 11.8 Å². The molecule has 4 atom stereocenters. The predicted molar refractivity (Wildman–Crippen MR) is 96.2 cm³/mol. The van der Waals surface area contributed by atoms with Crippen molar-refractivity contribution < 1.29 is 19.8 Å². The molecule has 0 bridgehead atoms. The summed E-state index contributed by atoms with van der Waals surface area (Å²) in [4.78, 5) is 22.0. The van der Waals surface area contributed by atoms with Crippen LogP contribution in [0, 0.1) is 24.2 Å². The Morgan fingerprint density at radius 1 is 1.31 bits per heavy atom. The molecule has 0 spiro atoms. The van der Waals surface area contributed by atoms with E-state index >= 15 is 0 Å². The number of ether oxygens (including phenoxy) is 1. The quantitative estimate of drug-likeness (QED) is 0.508. The van der Waals surface area contributed by atoms with E-state index in [9.17, 15) is 15.0 Å². The molecule has 0 aromatic carbocycles. The van der Waals surface area contributed by atoms with E-state index in [1.54, 1.807) is 6.92 Å². The van der Waals surface area contributed by atoms with Gasteiger partial charge in [-0.15, -0.1) is 6.42 Å². The molecule has 0 saturated carbocycles. The van der Waals surface area contributed by atoms with Gasteiger partial charge in [-0.05, 0) is 18.8 Å². The highest BCUT2D eigenvalue weighted by molar-refractivity contribution is 5.50. The second-order valence-corrected chi connectivity index (χ2v) is 7.22. The molecule has 1 fully saturated rings. The molecule has 2 rings (SSSR count). The molecule has 1 aromatic rings. The number of nitrogens with zero attached hydrogens (tertiary/aromatic N) is 2. The van der Waals surface area contributed by atoms with Crippen molar-refractivity contribution in [2.45, 2.75) is 65.3 Å². The van der Waals surface area contributed by atoms with E-state index < -0.39 is 30.2 Å². The Bertz CT molecular complexity index is 717. The maximum absolute atomic E-state index is 12.4. The van der Waals surface area contributed by atoms with Gasteiger partial charge in [-0.3, -0.25) is 9.40 Å². The number of aliphatic hydroxyl groups is 2. The van der Waals surface area contributed by atoms with Gasteiger partial charge < -0.3 is 14.9 Å². The number of terminal acetylenes is 1. The fourth-order valence-corrected chi connectivity index (χ4v) is 3.06. The molecule has 0 aliphatic carbocycles. The van der Waals surface area contributed by atoms with Crippen molar-refractivity contribution in [3.63, 3.8) is 0 Å². The summed E-state index contributed by atoms with van der Waals surface area (Å²) in [5.41, 5.74) is 2.30. The molecule has 8 nitrogen and oxygen atoms in total. The second kappa shape index (κ2) is 8.18. The molecule has 0 amide bonds. The number of hydrogen-bond acceptors (Lipinski definition) is 7. The number of aliphatic hydroxyl groups excluding tert-OH is 2. The summed E-state index contributed by atoms with van der Waals surface area (Å²) in [5, 5.41) is 19.9. The Balaban J connectivity index is 2.28. The van der Waals surface area contributed by atoms with E-state index in [4.69, 9.17) is 16.0 Å². The average molecular weight is 365 g/mol. The predicted octanol–water partition coefficient (Wildman–Crippen LogP) is 0.888. The minimum atomic E-state index is -1.25. The van der Waals surface area contributed by atoms with Crippen molar-refractivity contribution >= 4 is 5.82 Å². The Morgan fingerprint density at radius 2 is 1.92 bits per heavy atom. The van der Waals surface area contributed by atoms with Gasteiger partial charge >= 0.3 is 5.69 Å². The Morgan fingerprint density at radius 3 is 2.38 bits per heavy atom. The van der Waals surface area contributed by atoms with E-state index in [1.165, 1.54) is 6.20 Å². The number of anilines is 1. The Kier molecular flexibility index (Phi) is 6.42. The Hall–Kier alpha value is -1.92. The first-order chi connectivity index (χ1) is 12.2. The summed E-state index contributed by atoms with van der Waals surface area (Å²) in [6, 6.07) is 0. The van der Waals surface area contributed by atoms with Crippen molar-refractivity contribution in [3.8, 4) is 12.3 Å². The summed E-state index contributed by atoms with van der Waals surface area (Å²) in [5.74, 6) is 3.07. The fourth-order valence-electron chi connectivity index (χ4n) is 3.06. The average Bonchev–Trinajstić information content (AvgIpc) is 2.82. The van der Waals surface area contributed by atoms with Gasteiger partial charge in [-0.2, -0.15) is 4.98 Å². The molecule has 1 aromatic heterocycles. The third-order valence-electron chi connectivity index (χ3n) is 4.46. The standard InChI is InChI=1S/C18H27N3O5/c1-7-12-8-21(17-14(23)13(22)11(6)25-17)18(24)19-16(12)20-26-15(9(2)3)10(4)5/h1,8-11,13-15,17,22-23H,2-6H3,(H,19,20,24)/t11-,13-,14-,17-/m1/s1. The summed E-state index contributed by atoms with van der Waals surface area (Å²) in [6.07, 6.45) is 2.77. The lowest BCUT2D eigenvalue weighted by molar-refractivity contribution is -0.0351. The van der Waals surface area contributed by atoms with Crippen molar-refractivity contribution in [1.82, 2.24) is 9.55 Å². The monoisotopic (exact) mass is 365 g/mol. The molecule has 3 N–H and O–H groups in total. The van der Waals surface area contributed by atoms with Crippen molar-refractivity contribution in [2.75, 3.05) is 5.48 Å². The van der Waals surface area contributed by atoms with Crippen LogP contribution in [0.25, 0.3) is 0 Å². The highest BCUT2D eigenvalue weighted by Gasteiger charge is 2.42. The highest BCUT2D eigenvalue weighted by Crippen LogP contribution is 2.28. The summed E-state index contributed by atoms with van der Waals surface area (Å²) in [7, 11) is 0. The van der Waals surface area contributed by atoms with Crippen LogP contribution in [-0.4, -0.2) is 44.2 Å². The molecular formula is C18H27N3O5. The molecule has 0 unspecified atom stereocenters. The largest absolute Gasteiger partial charge is 0.388 e. The topological polar surface area (TPSA) is 106 Å². The van der Waals surface area contributed by atoms with Gasteiger partial charge in [0.1, 0.15) is 12.2 Å². The van der Waals surface area contributed by atoms with Gasteiger partial charge in [0.2, 0.25) is 0 Å². The minimum Gasteiger partial charge on any atom is -0.388 e. The third kappa shape index (κ3) is 4.07. The van der Waals surface area contributed by atoms with E-state index in [1.807, 2.05) is 27.7 Å². The smallest absolute Gasteiger partial charge is 0.351 e. The van der Waals surface area contributed by atoms with Gasteiger partial charge in [-0.25, -0.2) is 10.3 Å². The Labute approximate surface area is 153 Å². The zero-order chi connectivity index (χ0) is 19.6. The number of aromatic nitrogens is 2. The van der Waals surface area contributed by atoms with Crippen LogP contribution in [0.4, 0.5) is 5.82 Å². The fraction of sp³-hybridized carbons (Fsp3) is 0.667. The van der Waals surface area contributed by atoms with E-state index in [0.29, 0.717) is 0 Å². The van der Waals surface area contributed by atoms with Gasteiger partial charge in [0.25, 0.3) is 0 Å². The van der Waals surface area contributed by atoms with E-state index in [-0.39, 0.29) is 29.3 Å². The summed E-state index contributed by atoms with van der Waals surface area (Å²) in [6.45, 7) is 9.74. The van der Waals surface area contributed by atoms with Gasteiger partial charge in [0.15, 0.2) is 12.0 Å². The van der Waals surface area contributed by atoms with E-state index in [2.05, 4.69) is 16.4 Å². The first-order valence-electron chi connectivity index (χ1n) is 8.70. The molecule has 1 saturated heterocycles. The van der Waals surface area contributed by atoms with Crippen LogP contribution in [0.3, 0.4) is 0 Å². The van der Waals surface area contributed by atoms with Crippen LogP contribution in [0.1, 0.15) is 46.4 Å². The maximum atomic E-state index is 12.4. The summed E-state index contributed by atoms with van der Waals surface area (Å²) >= 11 is 0. The van der Waals surface area contributed by atoms with Crippen LogP contribution < -0.4 is 11.2 Å². The van der Waals surface area contributed by atoms with Gasteiger partial charge in [0, 0.05) is 6.20 Å². The first-order valence-corrected chi connectivity index (χ1v) is 8.70. The van der Waals surface area contributed by atoms with Crippen LogP contribution in [-0.2, 0) is 9.57 Å². The molecule has 2 heterocycles. The van der Waals surface area contributed by atoms with Crippen LogP contribution in [0.5, 0.6) is 0 Å². The molecule has 1 aliphatic heterocycles. The lowest BCUT2D eigenvalue weighted by Gasteiger charge is -2.25. The lowest BCUT2D eigenvalue weighted by Crippen LogP contribution is -2.36. The number of hydrogen-bond donors (Lipinski definition) is 3. The van der Waals surface area contributed by atoms with Crippen LogP contribution in [0.2, 0.25) is 0 Å². The molecule has 8 heteroatoms. The van der Waals surface area contributed by atoms with Gasteiger partial charge in [-0.1, -0.05) is 33.6 Å². The molecule has 0 radical (unpaired) electrons. The zero-order valence-corrected chi connectivity index (χ0v) is 15.7. The molecule has 26 heavy (non-hydrogen) atoms. The number of rotatable bonds is 6. The highest BCUT2D eigenvalue weighted by atomic mass is 16.7. The van der Waals surface area contributed by atoms with E-state index in [0.717, 1.165) is 4.57 Å². The SMILES string of the molecule is C#Cc1cn([C@@H]2O[C@H](C)[C@@H](O)[C@H]2O)c(=O)nc1NOC(C(C)C)C(C)C. The maximum Gasteiger partial charge on any atom is 0.351 e. The first kappa shape index (κ1) is 20.4. The number of nitrogens with one attached hydrogen (secondary N) is 1. The minimum absolute atomic E-state index is 0.0964. The third-order valence-corrected chi connectivity index (χ3v) is 4.46. The molecule has 1 aliphatic rings. The lowest BCUT2D eigenvalue weighted by atomic mass is 9.97.